The third kappa shape index (κ3) is 2.07. The van der Waals surface area contributed by atoms with Gasteiger partial charge in [-0.3, -0.25) is 0 Å². The van der Waals surface area contributed by atoms with E-state index in [1.807, 2.05) is 18.2 Å². The second kappa shape index (κ2) is 4.01. The van der Waals surface area contributed by atoms with Crippen molar-refractivity contribution in [2.45, 2.75) is 12.8 Å². The van der Waals surface area contributed by atoms with Crippen LogP contribution in [-0.4, -0.2) is 30.1 Å². The molecule has 1 saturated heterocycles. The number of hydrogen-bond donors (Lipinski definition) is 1. The highest BCUT2D eigenvalue weighted by molar-refractivity contribution is 5.32. The number of phenolic OH excluding ortho intramolecular Hbond substituents is 1. The molecule has 2 nitrogen and oxygen atoms in total. The number of likely N-dealkylation sites (tertiary alicyclic amines) is 1. The van der Waals surface area contributed by atoms with E-state index < -0.39 is 0 Å². The van der Waals surface area contributed by atoms with Gasteiger partial charge in [0.1, 0.15) is 5.75 Å². The van der Waals surface area contributed by atoms with Crippen LogP contribution in [0.1, 0.15) is 12.0 Å². The van der Waals surface area contributed by atoms with E-state index in [2.05, 4.69) is 11.9 Å². The zero-order valence-electron chi connectivity index (χ0n) is 8.61. The highest BCUT2D eigenvalue weighted by atomic mass is 16.3. The first-order chi connectivity index (χ1) is 6.75. The lowest BCUT2D eigenvalue weighted by molar-refractivity contribution is 0.392. The third-order valence-corrected chi connectivity index (χ3v) is 2.99. The van der Waals surface area contributed by atoms with E-state index in [-0.39, 0.29) is 0 Å². The number of nitrogens with zero attached hydrogens (tertiary/aromatic N) is 1. The van der Waals surface area contributed by atoms with Gasteiger partial charge < -0.3 is 10.0 Å². The molecule has 1 atom stereocenters. The monoisotopic (exact) mass is 191 g/mol. The largest absolute Gasteiger partial charge is 0.508 e. The molecule has 1 aromatic carbocycles. The van der Waals surface area contributed by atoms with Crippen LogP contribution < -0.4 is 0 Å². The van der Waals surface area contributed by atoms with Crippen molar-refractivity contribution in [2.75, 3.05) is 20.1 Å². The lowest BCUT2D eigenvalue weighted by atomic mass is 9.98. The minimum atomic E-state index is 0.446. The van der Waals surface area contributed by atoms with Crippen LogP contribution in [0.15, 0.2) is 24.3 Å². The molecule has 1 fully saturated rings. The Balaban J connectivity index is 2.01. The van der Waals surface area contributed by atoms with Gasteiger partial charge in [0, 0.05) is 6.54 Å². The second-order valence-corrected chi connectivity index (χ2v) is 4.25. The highest BCUT2D eigenvalue weighted by Crippen LogP contribution is 2.24. The molecule has 14 heavy (non-hydrogen) atoms. The number of hydrogen-bond acceptors (Lipinski definition) is 2. The molecule has 1 N–H and O–H groups in total. The van der Waals surface area contributed by atoms with Gasteiger partial charge in [-0.25, -0.2) is 0 Å². The fraction of sp³-hybridized carbons (Fsp3) is 0.500. The van der Waals surface area contributed by atoms with Gasteiger partial charge in [-0.1, -0.05) is 18.2 Å². The lowest BCUT2D eigenvalue weighted by Gasteiger charge is -2.11. The molecule has 2 heteroatoms. The first-order valence-corrected chi connectivity index (χ1v) is 5.21. The van der Waals surface area contributed by atoms with Crippen molar-refractivity contribution in [1.29, 1.82) is 0 Å². The predicted octanol–water partition coefficient (Wildman–Crippen LogP) is 1.89. The quantitative estimate of drug-likeness (QED) is 0.771. The van der Waals surface area contributed by atoms with Crippen molar-refractivity contribution in [3.8, 4) is 5.75 Å². The van der Waals surface area contributed by atoms with Crippen LogP contribution in [0.4, 0.5) is 0 Å². The van der Waals surface area contributed by atoms with E-state index in [0.717, 1.165) is 18.5 Å². The Morgan fingerprint density at radius 1 is 1.43 bits per heavy atom. The Kier molecular flexibility index (Phi) is 2.73. The molecule has 0 aliphatic carbocycles. The third-order valence-electron chi connectivity index (χ3n) is 2.99. The molecule has 1 aromatic rings. The molecule has 0 aromatic heterocycles. The average molecular weight is 191 g/mol. The van der Waals surface area contributed by atoms with Crippen LogP contribution in [0.3, 0.4) is 0 Å². The average Bonchev–Trinajstić information content (AvgIpc) is 2.56. The number of aromatic hydroxyl groups is 1. The van der Waals surface area contributed by atoms with Crippen molar-refractivity contribution in [3.05, 3.63) is 29.8 Å². The van der Waals surface area contributed by atoms with Crippen molar-refractivity contribution in [1.82, 2.24) is 4.90 Å². The normalized spacial score (nSPS) is 22.8. The van der Waals surface area contributed by atoms with Gasteiger partial charge in [0.15, 0.2) is 0 Å². The summed E-state index contributed by atoms with van der Waals surface area (Å²) in [6.45, 7) is 2.35. The predicted molar refractivity (Wildman–Crippen MR) is 57.4 cm³/mol. The van der Waals surface area contributed by atoms with E-state index in [4.69, 9.17) is 0 Å². The molecule has 0 spiro atoms. The second-order valence-electron chi connectivity index (χ2n) is 4.25. The molecular formula is C12H17NO. The SMILES string of the molecule is CN1CCC(Cc2ccccc2O)C1. The molecule has 1 unspecified atom stereocenters. The summed E-state index contributed by atoms with van der Waals surface area (Å²) in [4.78, 5) is 2.35. The molecule has 0 bridgehead atoms. The Hall–Kier alpha value is -1.02. The van der Waals surface area contributed by atoms with Gasteiger partial charge in [0.05, 0.1) is 0 Å². The first kappa shape index (κ1) is 9.53. The number of rotatable bonds is 2. The molecule has 1 aliphatic rings. The summed E-state index contributed by atoms with van der Waals surface area (Å²) in [6, 6.07) is 7.66. The Morgan fingerprint density at radius 2 is 2.21 bits per heavy atom. The van der Waals surface area contributed by atoms with Crippen molar-refractivity contribution in [3.63, 3.8) is 0 Å². The van der Waals surface area contributed by atoms with Crippen molar-refractivity contribution < 1.29 is 5.11 Å². The molecule has 0 radical (unpaired) electrons. The van der Waals surface area contributed by atoms with Crippen molar-refractivity contribution >= 4 is 0 Å². The summed E-state index contributed by atoms with van der Waals surface area (Å²) in [5.41, 5.74) is 1.09. The lowest BCUT2D eigenvalue weighted by Crippen LogP contribution is -2.14. The van der Waals surface area contributed by atoms with Crippen LogP contribution in [0.2, 0.25) is 0 Å². The Morgan fingerprint density at radius 3 is 2.86 bits per heavy atom. The summed E-state index contributed by atoms with van der Waals surface area (Å²) < 4.78 is 0. The van der Waals surface area contributed by atoms with Gasteiger partial charge in [-0.05, 0) is 44.0 Å². The van der Waals surface area contributed by atoms with E-state index in [1.54, 1.807) is 6.07 Å². The van der Waals surface area contributed by atoms with E-state index in [1.165, 1.54) is 13.0 Å². The zero-order chi connectivity index (χ0) is 9.97. The fourth-order valence-electron chi connectivity index (χ4n) is 2.19. The van der Waals surface area contributed by atoms with E-state index in [0.29, 0.717) is 11.7 Å². The summed E-state index contributed by atoms with van der Waals surface area (Å²) in [7, 11) is 2.16. The molecule has 0 saturated carbocycles. The molecule has 76 valence electrons. The maximum Gasteiger partial charge on any atom is 0.118 e. The van der Waals surface area contributed by atoms with Crippen LogP contribution in [-0.2, 0) is 6.42 Å². The number of para-hydroxylation sites is 1. The molecule has 1 aliphatic heterocycles. The van der Waals surface area contributed by atoms with Crippen LogP contribution >= 0.6 is 0 Å². The highest BCUT2D eigenvalue weighted by Gasteiger charge is 2.20. The Labute approximate surface area is 85.2 Å². The van der Waals surface area contributed by atoms with Crippen LogP contribution in [0, 0.1) is 5.92 Å². The van der Waals surface area contributed by atoms with E-state index in [9.17, 15) is 5.11 Å². The maximum absolute atomic E-state index is 9.62. The summed E-state index contributed by atoms with van der Waals surface area (Å²) in [5, 5.41) is 9.62. The van der Waals surface area contributed by atoms with E-state index >= 15 is 0 Å². The van der Waals surface area contributed by atoms with Crippen molar-refractivity contribution in [2.24, 2.45) is 5.92 Å². The fourth-order valence-corrected chi connectivity index (χ4v) is 2.19. The van der Waals surface area contributed by atoms with Gasteiger partial charge in [-0.15, -0.1) is 0 Å². The molecule has 0 amide bonds. The van der Waals surface area contributed by atoms with Crippen LogP contribution in [0.25, 0.3) is 0 Å². The van der Waals surface area contributed by atoms with Crippen LogP contribution in [0.5, 0.6) is 5.75 Å². The molecule has 1 heterocycles. The summed E-state index contributed by atoms with van der Waals surface area (Å²) >= 11 is 0. The zero-order valence-corrected chi connectivity index (χ0v) is 8.61. The topological polar surface area (TPSA) is 23.5 Å². The summed E-state index contributed by atoms with van der Waals surface area (Å²) in [6.07, 6.45) is 2.27. The van der Waals surface area contributed by atoms with Gasteiger partial charge in [-0.2, -0.15) is 0 Å². The molecular weight excluding hydrogens is 174 g/mol. The maximum atomic E-state index is 9.62. The van der Waals surface area contributed by atoms with Gasteiger partial charge in [0.2, 0.25) is 0 Å². The minimum Gasteiger partial charge on any atom is -0.508 e. The standard InChI is InChI=1S/C12H17NO/c1-13-7-6-10(9-13)8-11-4-2-3-5-12(11)14/h2-5,10,14H,6-9H2,1H3. The first-order valence-electron chi connectivity index (χ1n) is 5.21. The summed E-state index contributed by atoms with van der Waals surface area (Å²) in [5.74, 6) is 1.16. The smallest absolute Gasteiger partial charge is 0.118 e. The van der Waals surface area contributed by atoms with Gasteiger partial charge in [0.25, 0.3) is 0 Å². The number of phenols is 1. The number of benzene rings is 1. The minimum absolute atomic E-state index is 0.446. The Bertz CT molecular complexity index is 311. The molecule has 2 rings (SSSR count). The van der Waals surface area contributed by atoms with Gasteiger partial charge >= 0.3 is 0 Å².